The minimum absolute atomic E-state index is 0.0512. The number of thioether (sulfide) groups is 1. The summed E-state index contributed by atoms with van der Waals surface area (Å²) in [6.07, 6.45) is 0.733. The maximum absolute atomic E-state index is 12.6. The Morgan fingerprint density at radius 2 is 2.15 bits per heavy atom. The molecule has 0 aliphatic carbocycles. The summed E-state index contributed by atoms with van der Waals surface area (Å²) in [5.41, 5.74) is 6.32. The van der Waals surface area contributed by atoms with Crippen LogP contribution in [0.5, 0.6) is 0 Å². The number of hydrogen-bond acceptors (Lipinski definition) is 6. The fraction of sp³-hybridized carbons (Fsp3) is 0.294. The van der Waals surface area contributed by atoms with E-state index in [0.717, 1.165) is 18.4 Å². The molecule has 0 fully saturated rings. The first kappa shape index (κ1) is 18.2. The minimum Gasteiger partial charge on any atom is -0.379 e. The van der Waals surface area contributed by atoms with Crippen LogP contribution < -0.4 is 11.1 Å². The minimum atomic E-state index is -2.62. The summed E-state index contributed by atoms with van der Waals surface area (Å²) in [6.45, 7) is 1.94. The third-order valence-corrected chi connectivity index (χ3v) is 4.83. The molecule has 3 heterocycles. The molecule has 0 saturated heterocycles. The van der Waals surface area contributed by atoms with Crippen LogP contribution in [-0.2, 0) is 5.54 Å². The Morgan fingerprint density at radius 3 is 2.81 bits per heavy atom. The number of nitrogens with zero attached hydrogens (tertiary/aromatic N) is 3. The highest BCUT2D eigenvalue weighted by Crippen LogP contribution is 2.34. The van der Waals surface area contributed by atoms with E-state index < -0.39 is 17.9 Å². The van der Waals surface area contributed by atoms with Crippen LogP contribution in [-0.4, -0.2) is 26.8 Å². The molecule has 2 aromatic heterocycles. The van der Waals surface area contributed by atoms with Crippen LogP contribution in [0, 0.1) is 0 Å². The predicted molar refractivity (Wildman–Crippen MR) is 97.4 cm³/mol. The van der Waals surface area contributed by atoms with E-state index in [4.69, 9.17) is 5.73 Å². The molecule has 0 bridgehead atoms. The van der Waals surface area contributed by atoms with Gasteiger partial charge in [0.15, 0.2) is 5.17 Å². The Hall–Kier alpha value is -2.55. The first-order valence-corrected chi connectivity index (χ1v) is 8.86. The second-order valence-electron chi connectivity index (χ2n) is 5.98. The van der Waals surface area contributed by atoms with Gasteiger partial charge in [0.25, 0.3) is 12.3 Å². The van der Waals surface area contributed by atoms with Gasteiger partial charge in [0.1, 0.15) is 11.2 Å². The van der Waals surface area contributed by atoms with Gasteiger partial charge in [-0.15, -0.1) is 0 Å². The number of alkyl halides is 2. The monoisotopic (exact) mass is 377 g/mol. The smallest absolute Gasteiger partial charge is 0.274 e. The number of amides is 1. The third kappa shape index (κ3) is 3.98. The highest BCUT2D eigenvalue weighted by Gasteiger charge is 2.31. The Labute approximate surface area is 153 Å². The van der Waals surface area contributed by atoms with Crippen molar-refractivity contribution in [2.75, 3.05) is 11.1 Å². The standard InChI is InChI=1S/C17H17F2N5OS/c1-17(5-7-26-16(20)24-17)13-8-11(4-6-21-13)23-15(25)12-3-2-10(9-22-12)14(18)19/h2-4,6,8-9,14H,5,7H2,1H3,(H2,20,24)(H,21,23,25)/t17-/m0/s1. The maximum atomic E-state index is 12.6. The van der Waals surface area contributed by atoms with E-state index in [9.17, 15) is 13.6 Å². The number of hydrogen-bond donors (Lipinski definition) is 2. The lowest BCUT2D eigenvalue weighted by molar-refractivity contribution is 0.102. The molecule has 9 heteroatoms. The van der Waals surface area contributed by atoms with Crippen molar-refractivity contribution < 1.29 is 13.6 Å². The Kier molecular flexibility index (Phi) is 5.17. The zero-order chi connectivity index (χ0) is 18.7. The number of carbonyl (C=O) groups excluding carboxylic acids is 1. The van der Waals surface area contributed by atoms with Crippen LogP contribution in [0.1, 0.15) is 41.5 Å². The molecule has 0 saturated carbocycles. The SMILES string of the molecule is C[C@@]1(c2cc(NC(=O)c3ccc(C(F)F)cn3)ccn2)CCSC(N)=N1. The largest absolute Gasteiger partial charge is 0.379 e. The lowest BCUT2D eigenvalue weighted by Crippen LogP contribution is -2.29. The van der Waals surface area contributed by atoms with Crippen molar-refractivity contribution in [2.45, 2.75) is 25.3 Å². The van der Waals surface area contributed by atoms with Gasteiger partial charge in [-0.05, 0) is 37.6 Å². The van der Waals surface area contributed by atoms with E-state index in [1.54, 1.807) is 18.3 Å². The van der Waals surface area contributed by atoms with Gasteiger partial charge in [0, 0.05) is 29.4 Å². The lowest BCUT2D eigenvalue weighted by Gasteiger charge is -2.28. The van der Waals surface area contributed by atoms with Crippen LogP contribution in [0.4, 0.5) is 14.5 Å². The Balaban J connectivity index is 1.78. The van der Waals surface area contributed by atoms with Gasteiger partial charge < -0.3 is 11.1 Å². The summed E-state index contributed by atoms with van der Waals surface area (Å²) < 4.78 is 25.1. The van der Waals surface area contributed by atoms with Gasteiger partial charge in [0.05, 0.1) is 5.69 Å². The van der Waals surface area contributed by atoms with E-state index in [1.807, 2.05) is 6.92 Å². The number of carbonyl (C=O) groups is 1. The number of nitrogens with two attached hydrogens (primary N) is 1. The molecule has 0 radical (unpaired) electrons. The van der Waals surface area contributed by atoms with Crippen LogP contribution in [0.2, 0.25) is 0 Å². The van der Waals surface area contributed by atoms with Gasteiger partial charge in [-0.1, -0.05) is 11.8 Å². The van der Waals surface area contributed by atoms with Gasteiger partial charge in [-0.3, -0.25) is 14.8 Å². The molecule has 136 valence electrons. The van der Waals surface area contributed by atoms with Crippen LogP contribution in [0.15, 0.2) is 41.7 Å². The van der Waals surface area contributed by atoms with E-state index in [0.29, 0.717) is 16.5 Å². The van der Waals surface area contributed by atoms with Crippen LogP contribution >= 0.6 is 11.8 Å². The molecule has 0 unspecified atom stereocenters. The molecule has 2 aromatic rings. The normalized spacial score (nSPS) is 19.9. The average molecular weight is 377 g/mol. The first-order valence-electron chi connectivity index (χ1n) is 7.87. The fourth-order valence-corrected chi connectivity index (χ4v) is 3.51. The number of amidine groups is 1. The molecule has 3 N–H and O–H groups in total. The quantitative estimate of drug-likeness (QED) is 0.852. The van der Waals surface area contributed by atoms with Gasteiger partial charge >= 0.3 is 0 Å². The van der Waals surface area contributed by atoms with E-state index in [-0.39, 0.29) is 11.3 Å². The number of rotatable bonds is 4. The number of halogens is 2. The molecule has 1 amide bonds. The lowest BCUT2D eigenvalue weighted by atomic mass is 9.94. The van der Waals surface area contributed by atoms with Crippen LogP contribution in [0.3, 0.4) is 0 Å². The summed E-state index contributed by atoms with van der Waals surface area (Å²) in [7, 11) is 0. The molecular formula is C17H17F2N5OS. The van der Waals surface area contributed by atoms with Gasteiger partial charge in [-0.2, -0.15) is 0 Å². The Bertz CT molecular complexity index is 843. The molecule has 0 spiro atoms. The topological polar surface area (TPSA) is 93.3 Å². The maximum Gasteiger partial charge on any atom is 0.274 e. The summed E-state index contributed by atoms with van der Waals surface area (Å²) in [5, 5.41) is 3.21. The van der Waals surface area contributed by atoms with Crippen molar-refractivity contribution in [3.63, 3.8) is 0 Å². The van der Waals surface area contributed by atoms with Gasteiger partial charge in [0.2, 0.25) is 0 Å². The van der Waals surface area contributed by atoms with Crippen molar-refractivity contribution in [2.24, 2.45) is 10.7 Å². The molecule has 1 aliphatic heterocycles. The second kappa shape index (κ2) is 7.36. The predicted octanol–water partition coefficient (Wildman–Crippen LogP) is 3.33. The van der Waals surface area contributed by atoms with Crippen molar-refractivity contribution in [1.29, 1.82) is 0 Å². The number of pyridine rings is 2. The van der Waals surface area contributed by atoms with E-state index >= 15 is 0 Å². The van der Waals surface area contributed by atoms with Crippen LogP contribution in [0.25, 0.3) is 0 Å². The highest BCUT2D eigenvalue weighted by atomic mass is 32.2. The summed E-state index contributed by atoms with van der Waals surface area (Å²) in [5.74, 6) is 0.347. The summed E-state index contributed by atoms with van der Waals surface area (Å²) in [4.78, 5) is 24.9. The summed E-state index contributed by atoms with van der Waals surface area (Å²) >= 11 is 1.50. The second-order valence-corrected chi connectivity index (χ2v) is 7.10. The van der Waals surface area contributed by atoms with Gasteiger partial charge in [-0.25, -0.2) is 13.8 Å². The molecular weight excluding hydrogens is 360 g/mol. The van der Waals surface area contributed by atoms with Crippen molar-refractivity contribution >= 4 is 28.5 Å². The number of nitrogens with one attached hydrogen (secondary N) is 1. The molecule has 3 rings (SSSR count). The van der Waals surface area contributed by atoms with Crippen molar-refractivity contribution in [1.82, 2.24) is 9.97 Å². The Morgan fingerprint density at radius 1 is 1.35 bits per heavy atom. The molecule has 1 atom stereocenters. The molecule has 0 aromatic carbocycles. The average Bonchev–Trinajstić information content (AvgIpc) is 2.62. The number of anilines is 1. The van der Waals surface area contributed by atoms with Crippen molar-refractivity contribution in [3.05, 3.63) is 53.6 Å². The first-order chi connectivity index (χ1) is 12.4. The molecule has 6 nitrogen and oxygen atoms in total. The molecule has 26 heavy (non-hydrogen) atoms. The zero-order valence-electron chi connectivity index (χ0n) is 13.9. The highest BCUT2D eigenvalue weighted by molar-refractivity contribution is 8.13. The summed E-state index contributed by atoms with van der Waals surface area (Å²) in [6, 6.07) is 5.83. The number of aliphatic imine (C=N–C) groups is 1. The van der Waals surface area contributed by atoms with E-state index in [2.05, 4.69) is 20.3 Å². The fourth-order valence-electron chi connectivity index (χ4n) is 2.54. The molecule has 1 aliphatic rings. The third-order valence-electron chi connectivity index (χ3n) is 4.04. The van der Waals surface area contributed by atoms with E-state index in [1.165, 1.54) is 23.9 Å². The number of aromatic nitrogens is 2. The zero-order valence-corrected chi connectivity index (χ0v) is 14.8. The van der Waals surface area contributed by atoms with Crippen molar-refractivity contribution in [3.8, 4) is 0 Å².